The van der Waals surface area contributed by atoms with Gasteiger partial charge in [-0.2, -0.15) is 12.6 Å². The third kappa shape index (κ3) is 7.72. The van der Waals surface area contributed by atoms with E-state index in [4.69, 9.17) is 5.11 Å². The Labute approximate surface area is 73.4 Å². The molecule has 0 rings (SSSR count). The minimum Gasteiger partial charge on any atom is -0.481 e. The molecule has 66 valence electrons. The first kappa shape index (κ1) is 10.8. The quantitative estimate of drug-likeness (QED) is 0.481. The zero-order chi connectivity index (χ0) is 8.69. The van der Waals surface area contributed by atoms with Crippen molar-refractivity contribution in [1.82, 2.24) is 0 Å². The van der Waals surface area contributed by atoms with Gasteiger partial charge in [0.2, 0.25) is 0 Å². The molecule has 0 amide bonds. The Balaban J connectivity index is 3.08. The van der Waals surface area contributed by atoms with Crippen LogP contribution in [0.5, 0.6) is 0 Å². The molecule has 0 saturated heterocycles. The minimum absolute atomic E-state index is 0.296. The number of thiol groups is 1. The first-order valence-corrected chi connectivity index (χ1v) is 4.58. The molecule has 11 heavy (non-hydrogen) atoms. The normalized spacial score (nSPS) is 12.9. The number of carbonyl (C=O) groups is 1. The van der Waals surface area contributed by atoms with Crippen molar-refractivity contribution in [3.63, 3.8) is 0 Å². The van der Waals surface area contributed by atoms with Crippen LogP contribution in [0.1, 0.15) is 39.0 Å². The molecule has 0 aliphatic heterocycles. The lowest BCUT2D eigenvalue weighted by Crippen LogP contribution is -1.98. The Hall–Kier alpha value is -0.180. The molecular weight excluding hydrogens is 160 g/mol. The van der Waals surface area contributed by atoms with E-state index in [0.29, 0.717) is 11.7 Å². The van der Waals surface area contributed by atoms with Crippen molar-refractivity contribution in [2.45, 2.75) is 44.3 Å². The van der Waals surface area contributed by atoms with Gasteiger partial charge in [0, 0.05) is 11.7 Å². The fourth-order valence-electron chi connectivity index (χ4n) is 0.860. The number of unbranched alkanes of at least 4 members (excludes halogenated alkanes) is 1. The molecule has 2 nitrogen and oxygen atoms in total. The van der Waals surface area contributed by atoms with Crippen molar-refractivity contribution in [3.8, 4) is 0 Å². The first-order valence-electron chi connectivity index (χ1n) is 4.06. The van der Waals surface area contributed by atoms with Crippen LogP contribution >= 0.6 is 12.6 Å². The van der Waals surface area contributed by atoms with Crippen molar-refractivity contribution >= 4 is 18.6 Å². The number of rotatable bonds is 6. The fourth-order valence-corrected chi connectivity index (χ4v) is 1.04. The van der Waals surface area contributed by atoms with Crippen LogP contribution < -0.4 is 0 Å². The van der Waals surface area contributed by atoms with Crippen LogP contribution in [0.4, 0.5) is 0 Å². The maximum atomic E-state index is 10.1. The van der Waals surface area contributed by atoms with Crippen molar-refractivity contribution in [2.75, 3.05) is 0 Å². The van der Waals surface area contributed by atoms with Gasteiger partial charge in [0.25, 0.3) is 0 Å². The number of hydrogen-bond donors (Lipinski definition) is 2. The van der Waals surface area contributed by atoms with E-state index in [2.05, 4.69) is 19.6 Å². The van der Waals surface area contributed by atoms with E-state index >= 15 is 0 Å². The maximum Gasteiger partial charge on any atom is 0.303 e. The summed E-state index contributed by atoms with van der Waals surface area (Å²) in [6, 6.07) is 0. The van der Waals surface area contributed by atoms with E-state index in [9.17, 15) is 4.79 Å². The fraction of sp³-hybridized carbons (Fsp3) is 0.875. The zero-order valence-corrected chi connectivity index (χ0v) is 7.81. The van der Waals surface area contributed by atoms with E-state index < -0.39 is 5.97 Å². The van der Waals surface area contributed by atoms with Gasteiger partial charge >= 0.3 is 5.97 Å². The lowest BCUT2D eigenvalue weighted by atomic mass is 10.1. The highest BCUT2D eigenvalue weighted by Crippen LogP contribution is 2.11. The SMILES string of the molecule is CCC(S)CCCCC(=O)O. The second kappa shape index (κ2) is 6.53. The average molecular weight is 176 g/mol. The van der Waals surface area contributed by atoms with Crippen LogP contribution in [0.2, 0.25) is 0 Å². The van der Waals surface area contributed by atoms with Gasteiger partial charge < -0.3 is 5.11 Å². The summed E-state index contributed by atoms with van der Waals surface area (Å²) in [5.41, 5.74) is 0. The molecular formula is C8H16O2S. The summed E-state index contributed by atoms with van der Waals surface area (Å²) in [6.07, 6.45) is 4.16. The molecule has 1 N–H and O–H groups in total. The van der Waals surface area contributed by atoms with E-state index in [1.165, 1.54) is 0 Å². The standard InChI is InChI=1S/C8H16O2S/c1-2-7(11)5-3-4-6-8(9)10/h7,11H,2-6H2,1H3,(H,9,10). The molecule has 0 saturated carbocycles. The Morgan fingerprint density at radius 2 is 2.18 bits per heavy atom. The number of carboxylic acids is 1. The molecule has 1 atom stereocenters. The lowest BCUT2D eigenvalue weighted by molar-refractivity contribution is -0.137. The summed E-state index contributed by atoms with van der Waals surface area (Å²) in [4.78, 5) is 10.1. The van der Waals surface area contributed by atoms with E-state index in [1.54, 1.807) is 0 Å². The summed E-state index contributed by atoms with van der Waals surface area (Å²) in [6.45, 7) is 2.09. The van der Waals surface area contributed by atoms with Crippen LogP contribution in [0.3, 0.4) is 0 Å². The van der Waals surface area contributed by atoms with Gasteiger partial charge in [-0.1, -0.05) is 13.3 Å². The number of aliphatic carboxylic acids is 1. The molecule has 0 spiro atoms. The zero-order valence-electron chi connectivity index (χ0n) is 6.92. The molecule has 0 aromatic rings. The monoisotopic (exact) mass is 176 g/mol. The van der Waals surface area contributed by atoms with Crippen LogP contribution in [-0.4, -0.2) is 16.3 Å². The molecule has 0 aliphatic carbocycles. The van der Waals surface area contributed by atoms with Gasteiger partial charge in [0.15, 0.2) is 0 Å². The first-order chi connectivity index (χ1) is 5.16. The van der Waals surface area contributed by atoms with Crippen LogP contribution in [-0.2, 0) is 4.79 Å². The van der Waals surface area contributed by atoms with Crippen LogP contribution in [0, 0.1) is 0 Å². The van der Waals surface area contributed by atoms with Crippen LogP contribution in [0.15, 0.2) is 0 Å². The predicted octanol–water partition coefficient (Wildman–Crippen LogP) is 2.34. The molecule has 3 heteroatoms. The molecule has 0 radical (unpaired) electrons. The van der Waals surface area contributed by atoms with Crippen molar-refractivity contribution in [3.05, 3.63) is 0 Å². The second-order valence-corrected chi connectivity index (χ2v) is 3.43. The van der Waals surface area contributed by atoms with E-state index in [0.717, 1.165) is 25.7 Å². The van der Waals surface area contributed by atoms with Gasteiger partial charge in [0.1, 0.15) is 0 Å². The smallest absolute Gasteiger partial charge is 0.303 e. The summed E-state index contributed by atoms with van der Waals surface area (Å²) in [5.74, 6) is -0.697. The molecule has 0 aromatic heterocycles. The van der Waals surface area contributed by atoms with Gasteiger partial charge in [-0.25, -0.2) is 0 Å². The lowest BCUT2D eigenvalue weighted by Gasteiger charge is -2.05. The summed E-state index contributed by atoms with van der Waals surface area (Å²) >= 11 is 4.31. The molecule has 0 heterocycles. The van der Waals surface area contributed by atoms with E-state index in [1.807, 2.05) is 0 Å². The van der Waals surface area contributed by atoms with Crippen molar-refractivity contribution in [2.24, 2.45) is 0 Å². The Kier molecular flexibility index (Phi) is 6.42. The summed E-state index contributed by atoms with van der Waals surface area (Å²) in [7, 11) is 0. The third-order valence-electron chi connectivity index (χ3n) is 1.65. The average Bonchev–Trinajstić information content (AvgIpc) is 1.97. The number of carboxylic acid groups (broad SMARTS) is 1. The molecule has 0 aliphatic rings. The molecule has 1 unspecified atom stereocenters. The molecule has 0 aromatic carbocycles. The highest BCUT2D eigenvalue weighted by atomic mass is 32.1. The highest BCUT2D eigenvalue weighted by molar-refractivity contribution is 7.80. The highest BCUT2D eigenvalue weighted by Gasteiger charge is 2.00. The Bertz CT molecular complexity index is 115. The number of hydrogen-bond acceptors (Lipinski definition) is 2. The second-order valence-electron chi connectivity index (χ2n) is 2.70. The molecule has 0 bridgehead atoms. The topological polar surface area (TPSA) is 37.3 Å². The van der Waals surface area contributed by atoms with Gasteiger partial charge in [0.05, 0.1) is 0 Å². The Morgan fingerprint density at radius 3 is 2.64 bits per heavy atom. The summed E-state index contributed by atoms with van der Waals surface area (Å²) in [5, 5.41) is 8.76. The predicted molar refractivity (Wildman–Crippen MR) is 49.2 cm³/mol. The summed E-state index contributed by atoms with van der Waals surface area (Å²) < 4.78 is 0. The van der Waals surface area contributed by atoms with Crippen molar-refractivity contribution < 1.29 is 9.90 Å². The van der Waals surface area contributed by atoms with Crippen molar-refractivity contribution in [1.29, 1.82) is 0 Å². The minimum atomic E-state index is -0.697. The van der Waals surface area contributed by atoms with Gasteiger partial charge in [-0.15, -0.1) is 0 Å². The Morgan fingerprint density at radius 1 is 1.55 bits per heavy atom. The van der Waals surface area contributed by atoms with Gasteiger partial charge in [-0.05, 0) is 19.3 Å². The third-order valence-corrected chi connectivity index (χ3v) is 2.27. The van der Waals surface area contributed by atoms with Gasteiger partial charge in [-0.3, -0.25) is 4.79 Å². The van der Waals surface area contributed by atoms with Crippen LogP contribution in [0.25, 0.3) is 0 Å². The van der Waals surface area contributed by atoms with E-state index in [-0.39, 0.29) is 0 Å². The molecule has 0 fully saturated rings. The largest absolute Gasteiger partial charge is 0.481 e. The maximum absolute atomic E-state index is 10.1.